The maximum Gasteiger partial charge on any atom is 0.416 e. The van der Waals surface area contributed by atoms with Crippen LogP contribution in [0.25, 0.3) is 5.69 Å². The number of aromatic nitrogens is 2. The zero-order valence-corrected chi connectivity index (χ0v) is 28.5. The van der Waals surface area contributed by atoms with Gasteiger partial charge in [-0.1, -0.05) is 50.2 Å². The molecular weight excluding hydrogens is 636 g/mol. The molecule has 2 heterocycles. The number of alkyl halides is 3. The van der Waals surface area contributed by atoms with Gasteiger partial charge in [0.05, 0.1) is 16.9 Å². The number of unbranched alkanes of at least 4 members (excludes halogenated alkanes) is 1. The Balaban J connectivity index is 0.00000265. The fraction of sp³-hybridized carbons (Fsp3) is 0.378. The van der Waals surface area contributed by atoms with Crippen LogP contribution < -0.4 is 15.5 Å². The summed E-state index contributed by atoms with van der Waals surface area (Å²) in [5, 5.41) is 11.2. The van der Waals surface area contributed by atoms with E-state index < -0.39 is 41.3 Å². The van der Waals surface area contributed by atoms with Crippen molar-refractivity contribution in [1.29, 1.82) is 0 Å². The van der Waals surface area contributed by atoms with Crippen molar-refractivity contribution in [2.45, 2.75) is 58.3 Å². The number of fused-ring (bicyclic) bond motifs is 1. The Bertz CT molecular complexity index is 1690. The summed E-state index contributed by atoms with van der Waals surface area (Å²) in [5.41, 5.74) is 1.35. The summed E-state index contributed by atoms with van der Waals surface area (Å²) in [6, 6.07) is 17.9. The second-order valence-electron chi connectivity index (χ2n) is 11.8. The molecule has 49 heavy (non-hydrogen) atoms. The third-order valence-corrected chi connectivity index (χ3v) is 8.19. The second-order valence-corrected chi connectivity index (χ2v) is 11.8. The van der Waals surface area contributed by atoms with Gasteiger partial charge in [-0.2, -0.15) is 18.3 Å². The standard InChI is InChI=1S/C35H38F4N6O2.C2H6/c1-4-44-33-30(28(22-40-19-8-9-20-43(2)3)42-45(33)27-13-6-5-7-14-27)29(23-15-17-26(36)18-16-23)31(34(44)47)41-32(46)24-11-10-12-25(21-24)35(37,38)39;1-2/h5-7,10-18,21,29,31,40H,4,8-9,19-20,22H2,1-3H3,(H,41,46);1-2H3. The highest BCUT2D eigenvalue weighted by atomic mass is 19.4. The summed E-state index contributed by atoms with van der Waals surface area (Å²) in [5.74, 6) is -2.08. The van der Waals surface area contributed by atoms with E-state index in [4.69, 9.17) is 5.10 Å². The van der Waals surface area contributed by atoms with Crippen LogP contribution in [0, 0.1) is 5.82 Å². The summed E-state index contributed by atoms with van der Waals surface area (Å²) < 4.78 is 56.3. The topological polar surface area (TPSA) is 82.5 Å². The van der Waals surface area contributed by atoms with Gasteiger partial charge in [0.1, 0.15) is 17.7 Å². The minimum absolute atomic E-state index is 0.230. The molecule has 1 aliphatic rings. The molecule has 2 N–H and O–H groups in total. The maximum atomic E-state index is 14.3. The van der Waals surface area contributed by atoms with Crippen LogP contribution >= 0.6 is 0 Å². The summed E-state index contributed by atoms with van der Waals surface area (Å²) in [7, 11) is 4.04. The number of hydrogen-bond donors (Lipinski definition) is 2. The van der Waals surface area contributed by atoms with Crippen LogP contribution in [-0.4, -0.2) is 66.3 Å². The number of carbonyl (C=O) groups excluding carboxylic acids is 2. The normalized spacial score (nSPS) is 15.9. The number of nitrogens with zero attached hydrogens (tertiary/aromatic N) is 4. The van der Waals surface area contributed by atoms with Crippen molar-refractivity contribution in [2.75, 3.05) is 38.6 Å². The largest absolute Gasteiger partial charge is 0.416 e. The van der Waals surface area contributed by atoms with Crippen LogP contribution in [0.5, 0.6) is 0 Å². The van der Waals surface area contributed by atoms with Crippen molar-refractivity contribution in [3.8, 4) is 5.69 Å². The van der Waals surface area contributed by atoms with E-state index in [-0.39, 0.29) is 12.1 Å². The highest BCUT2D eigenvalue weighted by Gasteiger charge is 2.46. The first-order valence-electron chi connectivity index (χ1n) is 16.6. The number of benzene rings is 3. The molecule has 2 unspecified atom stereocenters. The first kappa shape index (κ1) is 37.3. The lowest BCUT2D eigenvalue weighted by Gasteiger charge is -2.38. The van der Waals surface area contributed by atoms with Gasteiger partial charge >= 0.3 is 6.18 Å². The van der Waals surface area contributed by atoms with Gasteiger partial charge in [-0.3, -0.25) is 14.5 Å². The lowest BCUT2D eigenvalue weighted by atomic mass is 9.80. The molecule has 0 bridgehead atoms. The number of hydrogen-bond acceptors (Lipinski definition) is 5. The van der Waals surface area contributed by atoms with Crippen molar-refractivity contribution in [3.05, 3.63) is 113 Å². The van der Waals surface area contributed by atoms with Crippen LogP contribution in [0.15, 0.2) is 78.9 Å². The Morgan fingerprint density at radius 2 is 1.65 bits per heavy atom. The molecule has 1 aromatic heterocycles. The fourth-order valence-electron chi connectivity index (χ4n) is 5.93. The van der Waals surface area contributed by atoms with Crippen LogP contribution in [0.2, 0.25) is 0 Å². The number of rotatable bonds is 12. The Kier molecular flexibility index (Phi) is 12.7. The van der Waals surface area contributed by atoms with Crippen molar-refractivity contribution >= 4 is 17.6 Å². The lowest BCUT2D eigenvalue weighted by molar-refractivity contribution is -0.137. The summed E-state index contributed by atoms with van der Waals surface area (Å²) in [6.45, 7) is 8.05. The molecule has 12 heteroatoms. The zero-order chi connectivity index (χ0) is 35.7. The van der Waals surface area contributed by atoms with Crippen molar-refractivity contribution in [2.24, 2.45) is 0 Å². The molecular formula is C37H44F4N6O2. The van der Waals surface area contributed by atoms with Crippen molar-refractivity contribution in [1.82, 2.24) is 25.3 Å². The molecule has 3 aromatic carbocycles. The molecule has 1 aliphatic heterocycles. The predicted octanol–water partition coefficient (Wildman–Crippen LogP) is 6.78. The van der Waals surface area contributed by atoms with Crippen molar-refractivity contribution < 1.29 is 27.2 Å². The smallest absolute Gasteiger partial charge is 0.339 e. The van der Waals surface area contributed by atoms with Gasteiger partial charge in [0.2, 0.25) is 0 Å². The zero-order valence-electron chi connectivity index (χ0n) is 28.5. The third kappa shape index (κ3) is 8.73. The van der Waals surface area contributed by atoms with E-state index in [0.717, 1.165) is 43.3 Å². The molecule has 0 saturated carbocycles. The highest BCUT2D eigenvalue weighted by molar-refractivity contribution is 6.05. The monoisotopic (exact) mass is 680 g/mol. The predicted molar refractivity (Wildman–Crippen MR) is 183 cm³/mol. The average Bonchev–Trinajstić information content (AvgIpc) is 3.46. The lowest BCUT2D eigenvalue weighted by Crippen LogP contribution is -2.55. The number of likely N-dealkylation sites (N-methyl/N-ethyl adjacent to an activating group) is 1. The SMILES string of the molecule is CC.CCN1C(=O)C(NC(=O)c2cccc(C(F)(F)F)c2)C(c2ccc(F)cc2)c2c(CNCCCCN(C)C)nn(-c3ccccc3)c21. The first-order valence-corrected chi connectivity index (χ1v) is 16.6. The van der Waals surface area contributed by atoms with Gasteiger partial charge in [-0.25, -0.2) is 9.07 Å². The number of halogens is 4. The molecule has 4 aromatic rings. The number of carbonyl (C=O) groups is 2. The molecule has 2 amide bonds. The van der Waals surface area contributed by atoms with Gasteiger partial charge in [0.15, 0.2) is 0 Å². The van der Waals surface area contributed by atoms with Gasteiger partial charge in [-0.05, 0) is 95.0 Å². The van der Waals surface area contributed by atoms with E-state index >= 15 is 0 Å². The molecule has 0 fully saturated rings. The molecule has 2 atom stereocenters. The van der Waals surface area contributed by atoms with Gasteiger partial charge < -0.3 is 15.5 Å². The summed E-state index contributed by atoms with van der Waals surface area (Å²) in [4.78, 5) is 31.6. The molecule has 262 valence electrons. The Hall–Kier alpha value is -4.55. The third-order valence-electron chi connectivity index (χ3n) is 8.19. The first-order chi connectivity index (χ1) is 23.5. The molecule has 8 nitrogen and oxygen atoms in total. The molecule has 5 rings (SSSR count). The average molecular weight is 681 g/mol. The van der Waals surface area contributed by atoms with Gasteiger partial charge in [0, 0.05) is 30.1 Å². The van der Waals surface area contributed by atoms with E-state index in [1.807, 2.05) is 58.3 Å². The fourth-order valence-corrected chi connectivity index (χ4v) is 5.93. The van der Waals surface area contributed by atoms with Crippen LogP contribution in [0.4, 0.5) is 23.4 Å². The summed E-state index contributed by atoms with van der Waals surface area (Å²) in [6.07, 6.45) is -2.73. The molecule has 0 aliphatic carbocycles. The minimum atomic E-state index is -4.65. The van der Waals surface area contributed by atoms with Crippen LogP contribution in [0.3, 0.4) is 0 Å². The number of nitrogens with one attached hydrogen (secondary N) is 2. The van der Waals surface area contributed by atoms with Crippen LogP contribution in [-0.2, 0) is 17.5 Å². The van der Waals surface area contributed by atoms with Crippen LogP contribution in [0.1, 0.15) is 72.3 Å². The van der Waals surface area contributed by atoms with E-state index in [1.165, 1.54) is 23.1 Å². The Morgan fingerprint density at radius 3 is 2.29 bits per heavy atom. The van der Waals surface area contributed by atoms with E-state index in [0.29, 0.717) is 35.7 Å². The van der Waals surface area contributed by atoms with Crippen molar-refractivity contribution in [3.63, 3.8) is 0 Å². The minimum Gasteiger partial charge on any atom is -0.339 e. The molecule has 0 saturated heterocycles. The maximum absolute atomic E-state index is 14.3. The molecule has 0 radical (unpaired) electrons. The van der Waals surface area contributed by atoms with E-state index in [1.54, 1.807) is 23.7 Å². The Morgan fingerprint density at radius 1 is 0.959 bits per heavy atom. The number of amides is 2. The van der Waals surface area contributed by atoms with Gasteiger partial charge in [-0.15, -0.1) is 0 Å². The molecule has 0 spiro atoms. The summed E-state index contributed by atoms with van der Waals surface area (Å²) >= 11 is 0. The highest BCUT2D eigenvalue weighted by Crippen LogP contribution is 2.43. The van der Waals surface area contributed by atoms with E-state index in [2.05, 4.69) is 15.5 Å². The quantitative estimate of drug-likeness (QED) is 0.127. The second kappa shape index (κ2) is 16.7. The van der Waals surface area contributed by atoms with E-state index in [9.17, 15) is 27.2 Å². The Labute approximate surface area is 285 Å². The number of anilines is 1. The van der Waals surface area contributed by atoms with Gasteiger partial charge in [0.25, 0.3) is 11.8 Å². The number of para-hydroxylation sites is 1.